The highest BCUT2D eigenvalue weighted by atomic mass is 16.5. The molecular formula is C35H29NO. The van der Waals surface area contributed by atoms with E-state index in [2.05, 4.69) is 98.1 Å². The summed E-state index contributed by atoms with van der Waals surface area (Å²) in [5.74, 6) is 1.17. The second kappa shape index (κ2) is 10.4. The van der Waals surface area contributed by atoms with Gasteiger partial charge in [0.15, 0.2) is 0 Å². The standard InChI is InChI=1S/C35H29NO/c1-24(2)26-11-13-27(14-12-26)28-15-17-29(18-16-28)30-19-21-31(22-20-30)33-8-6-7-32(23-33)25(3)37-35-10-5-4-9-34(35)36/h4-23H,1,3,36H2,2H3. The largest absolute Gasteiger partial charge is 0.455 e. The van der Waals surface area contributed by atoms with Gasteiger partial charge in [-0.1, -0.05) is 122 Å². The minimum absolute atomic E-state index is 0.561. The second-order valence-corrected chi connectivity index (χ2v) is 9.16. The molecule has 0 bridgehead atoms. The molecule has 37 heavy (non-hydrogen) atoms. The molecule has 0 saturated carbocycles. The van der Waals surface area contributed by atoms with Crippen LogP contribution in [0, 0.1) is 0 Å². The Morgan fingerprint density at radius 3 is 1.54 bits per heavy atom. The molecular weight excluding hydrogens is 450 g/mol. The van der Waals surface area contributed by atoms with Gasteiger partial charge in [0.1, 0.15) is 11.5 Å². The summed E-state index contributed by atoms with van der Waals surface area (Å²) in [7, 11) is 0. The Morgan fingerprint density at radius 2 is 1.03 bits per heavy atom. The Kier molecular flexibility index (Phi) is 6.74. The van der Waals surface area contributed by atoms with Crippen molar-refractivity contribution in [2.24, 2.45) is 0 Å². The monoisotopic (exact) mass is 479 g/mol. The highest BCUT2D eigenvalue weighted by Crippen LogP contribution is 2.30. The maximum absolute atomic E-state index is 6.01. The third-order valence-corrected chi connectivity index (χ3v) is 6.48. The van der Waals surface area contributed by atoms with Crippen LogP contribution in [0.2, 0.25) is 0 Å². The third kappa shape index (κ3) is 5.39. The number of benzene rings is 5. The SMILES string of the molecule is C=C(C)c1ccc(-c2ccc(-c3ccc(-c4cccc(C(=C)Oc5ccccc5N)c4)cc3)cc2)cc1. The number of allylic oxidation sites excluding steroid dienone is 1. The zero-order valence-corrected chi connectivity index (χ0v) is 20.9. The average molecular weight is 480 g/mol. The zero-order valence-electron chi connectivity index (χ0n) is 20.9. The van der Waals surface area contributed by atoms with Gasteiger partial charge in [0.25, 0.3) is 0 Å². The van der Waals surface area contributed by atoms with Gasteiger partial charge in [-0.3, -0.25) is 0 Å². The Morgan fingerprint density at radius 1 is 0.541 bits per heavy atom. The molecule has 5 aromatic carbocycles. The van der Waals surface area contributed by atoms with Gasteiger partial charge in [0.05, 0.1) is 5.69 Å². The fraction of sp³-hybridized carbons (Fsp3) is 0.0286. The van der Waals surface area contributed by atoms with Crippen molar-refractivity contribution in [2.45, 2.75) is 6.92 Å². The van der Waals surface area contributed by atoms with E-state index in [1.807, 2.05) is 43.3 Å². The third-order valence-electron chi connectivity index (χ3n) is 6.48. The Hall–Kier alpha value is -4.82. The van der Waals surface area contributed by atoms with Gasteiger partial charge in [-0.15, -0.1) is 0 Å². The summed E-state index contributed by atoms with van der Waals surface area (Å²) < 4.78 is 5.93. The van der Waals surface area contributed by atoms with Crippen LogP contribution in [0.3, 0.4) is 0 Å². The number of anilines is 1. The molecule has 0 spiro atoms. The molecule has 0 atom stereocenters. The molecule has 0 saturated heterocycles. The van der Waals surface area contributed by atoms with Gasteiger partial charge in [-0.25, -0.2) is 0 Å². The van der Waals surface area contributed by atoms with E-state index in [0.717, 1.165) is 22.3 Å². The summed E-state index contributed by atoms with van der Waals surface area (Å²) >= 11 is 0. The van der Waals surface area contributed by atoms with E-state index in [-0.39, 0.29) is 0 Å². The maximum atomic E-state index is 6.01. The molecule has 0 radical (unpaired) electrons. The van der Waals surface area contributed by atoms with Gasteiger partial charge in [0.2, 0.25) is 0 Å². The predicted octanol–water partition coefficient (Wildman–Crippen LogP) is 9.35. The topological polar surface area (TPSA) is 35.2 Å². The van der Waals surface area contributed by atoms with Gasteiger partial charge in [-0.2, -0.15) is 0 Å². The van der Waals surface area contributed by atoms with Crippen LogP contribution in [0.25, 0.3) is 44.7 Å². The first-order valence-electron chi connectivity index (χ1n) is 12.3. The van der Waals surface area contributed by atoms with Crippen LogP contribution in [-0.2, 0) is 0 Å². The van der Waals surface area contributed by atoms with Crippen molar-refractivity contribution in [3.05, 3.63) is 146 Å². The van der Waals surface area contributed by atoms with Crippen molar-refractivity contribution in [1.29, 1.82) is 0 Å². The van der Waals surface area contributed by atoms with E-state index in [9.17, 15) is 0 Å². The number of nitrogens with two attached hydrogens (primary N) is 1. The number of para-hydroxylation sites is 2. The van der Waals surface area contributed by atoms with Crippen LogP contribution >= 0.6 is 0 Å². The number of ether oxygens (including phenoxy) is 1. The van der Waals surface area contributed by atoms with E-state index in [0.29, 0.717) is 17.2 Å². The van der Waals surface area contributed by atoms with E-state index in [1.54, 1.807) is 0 Å². The molecule has 0 heterocycles. The molecule has 0 unspecified atom stereocenters. The van der Waals surface area contributed by atoms with Crippen LogP contribution in [0.4, 0.5) is 5.69 Å². The molecule has 2 N–H and O–H groups in total. The summed E-state index contributed by atoms with van der Waals surface area (Å²) in [6.45, 7) is 10.2. The van der Waals surface area contributed by atoms with Crippen molar-refractivity contribution in [3.63, 3.8) is 0 Å². The minimum atomic E-state index is 0.561. The molecule has 0 aliphatic carbocycles. The smallest absolute Gasteiger partial charge is 0.150 e. The molecule has 0 aliphatic rings. The lowest BCUT2D eigenvalue weighted by molar-refractivity contribution is 0.519. The highest BCUT2D eigenvalue weighted by molar-refractivity contribution is 5.76. The van der Waals surface area contributed by atoms with Crippen molar-refractivity contribution in [3.8, 4) is 39.1 Å². The van der Waals surface area contributed by atoms with Crippen molar-refractivity contribution in [1.82, 2.24) is 0 Å². The van der Waals surface area contributed by atoms with Gasteiger partial charge < -0.3 is 10.5 Å². The number of hydrogen-bond donors (Lipinski definition) is 1. The molecule has 2 nitrogen and oxygen atoms in total. The number of hydrogen-bond acceptors (Lipinski definition) is 2. The maximum Gasteiger partial charge on any atom is 0.150 e. The van der Waals surface area contributed by atoms with Crippen molar-refractivity contribution >= 4 is 17.0 Å². The fourth-order valence-corrected chi connectivity index (χ4v) is 4.29. The first kappa shape index (κ1) is 23.9. The highest BCUT2D eigenvalue weighted by Gasteiger charge is 2.08. The second-order valence-electron chi connectivity index (χ2n) is 9.16. The molecule has 5 rings (SSSR count). The van der Waals surface area contributed by atoms with E-state index < -0.39 is 0 Å². The summed E-state index contributed by atoms with van der Waals surface area (Å²) in [5, 5.41) is 0. The quantitative estimate of drug-likeness (QED) is 0.186. The van der Waals surface area contributed by atoms with Gasteiger partial charge in [0, 0.05) is 5.56 Å². The summed E-state index contributed by atoms with van der Waals surface area (Å²) in [5.41, 5.74) is 16.8. The number of rotatable bonds is 7. The lowest BCUT2D eigenvalue weighted by Gasteiger charge is -2.12. The van der Waals surface area contributed by atoms with E-state index in [4.69, 9.17) is 10.5 Å². The first-order valence-corrected chi connectivity index (χ1v) is 12.3. The molecule has 2 heteroatoms. The van der Waals surface area contributed by atoms with Crippen LogP contribution < -0.4 is 10.5 Å². The zero-order chi connectivity index (χ0) is 25.8. The Labute approximate surface area is 219 Å². The Bertz CT molecular complexity index is 1560. The van der Waals surface area contributed by atoms with Crippen LogP contribution in [0.5, 0.6) is 5.75 Å². The summed E-state index contributed by atoms with van der Waals surface area (Å²) in [6.07, 6.45) is 0. The average Bonchev–Trinajstić information content (AvgIpc) is 2.94. The molecule has 0 aliphatic heterocycles. The van der Waals surface area contributed by atoms with Crippen LogP contribution in [0.1, 0.15) is 18.1 Å². The lowest BCUT2D eigenvalue weighted by atomic mass is 9.97. The van der Waals surface area contributed by atoms with Gasteiger partial charge in [-0.05, 0) is 64.1 Å². The van der Waals surface area contributed by atoms with Crippen LogP contribution in [0.15, 0.2) is 134 Å². The molecule has 0 aromatic heterocycles. The van der Waals surface area contributed by atoms with Crippen molar-refractivity contribution in [2.75, 3.05) is 5.73 Å². The number of nitrogen functional groups attached to an aromatic ring is 1. The molecule has 5 aromatic rings. The fourth-order valence-electron chi connectivity index (χ4n) is 4.29. The minimum Gasteiger partial charge on any atom is -0.455 e. The van der Waals surface area contributed by atoms with Crippen LogP contribution in [-0.4, -0.2) is 0 Å². The lowest BCUT2D eigenvalue weighted by Crippen LogP contribution is -1.97. The van der Waals surface area contributed by atoms with Crippen molar-refractivity contribution < 1.29 is 4.74 Å². The Balaban J connectivity index is 1.31. The molecule has 0 fully saturated rings. The summed E-state index contributed by atoms with van der Waals surface area (Å²) in [4.78, 5) is 0. The predicted molar refractivity (Wildman–Crippen MR) is 158 cm³/mol. The molecule has 180 valence electrons. The van der Waals surface area contributed by atoms with E-state index in [1.165, 1.54) is 27.8 Å². The summed E-state index contributed by atoms with van der Waals surface area (Å²) in [6, 6.07) is 41.5. The van der Waals surface area contributed by atoms with Gasteiger partial charge >= 0.3 is 0 Å². The van der Waals surface area contributed by atoms with E-state index >= 15 is 0 Å². The molecule has 0 amide bonds. The first-order chi connectivity index (χ1) is 18.0. The normalized spacial score (nSPS) is 10.6.